The van der Waals surface area contributed by atoms with Gasteiger partial charge in [0, 0.05) is 75.9 Å². The molecule has 2 amide bonds. The van der Waals surface area contributed by atoms with Gasteiger partial charge in [-0.1, -0.05) is 17.3 Å². The Kier molecular flexibility index (Phi) is 13.8. The minimum atomic E-state index is -3.60. The molecule has 5 aliphatic carbocycles. The van der Waals surface area contributed by atoms with Gasteiger partial charge >= 0.3 is 12.2 Å². The number of nitrogens with one attached hydrogen (secondary N) is 5. The summed E-state index contributed by atoms with van der Waals surface area (Å²) in [4.78, 5) is 37.1. The summed E-state index contributed by atoms with van der Waals surface area (Å²) in [6.07, 6.45) is 12.4. The molecule has 0 spiro atoms. The lowest BCUT2D eigenvalue weighted by Crippen LogP contribution is -2.58. The van der Waals surface area contributed by atoms with Crippen LogP contribution in [0, 0.1) is 0 Å². The van der Waals surface area contributed by atoms with Crippen LogP contribution in [0.2, 0.25) is 0 Å². The summed E-state index contributed by atoms with van der Waals surface area (Å²) in [5.41, 5.74) is 4.19. The third kappa shape index (κ3) is 11.0. The summed E-state index contributed by atoms with van der Waals surface area (Å²) in [5.74, 6) is 1.02. The van der Waals surface area contributed by atoms with Crippen LogP contribution in [-0.4, -0.2) is 92.4 Å². The fourth-order valence-corrected chi connectivity index (χ4v) is 16.3. The number of aromatic nitrogens is 7. The van der Waals surface area contributed by atoms with Gasteiger partial charge in [-0.3, -0.25) is 15.1 Å². The standard InChI is InChI=1S/C53H59N11O8S4/c1-31(2)71-51(66)59-53-22-19-52(20-23-53,21-24-53)49-55-29-43(74-49)41-18-11-35(25-45(41)76(69,70)39-15-16-39)56-46-27-37(60-61-46)8-5-32(3)72-50(65)58-34-9-6-33(7-10-34)48-54-28-42(73-48)40-17-12-36(57-47-30-64(4)63-62-47)26-44(40)75(67,68)38-13-14-38/h6-7,9-12,17-18,25-32,38-39,57H,5,8,13-16,19-24H2,1-4H3,(H,58,65)(H,59,66)(H2,56,60,61). The number of sulfone groups is 2. The molecule has 1 atom stereocenters. The van der Waals surface area contributed by atoms with Gasteiger partial charge in [-0.15, -0.1) is 27.8 Å². The van der Waals surface area contributed by atoms with Crippen molar-refractivity contribution in [2.75, 3.05) is 16.0 Å². The Bertz CT molecular complexity index is 3520. The first-order valence-corrected chi connectivity index (χ1v) is 30.4. The number of rotatable bonds is 19. The number of ether oxygens (including phenoxy) is 2. The van der Waals surface area contributed by atoms with Crippen LogP contribution >= 0.6 is 22.7 Å². The number of H-pyrrole nitrogens is 1. The second kappa shape index (κ2) is 20.4. The minimum Gasteiger partial charge on any atom is -0.447 e. The largest absolute Gasteiger partial charge is 0.447 e. The molecule has 2 bridgehead atoms. The molecule has 76 heavy (non-hydrogen) atoms. The number of benzene rings is 3. The Morgan fingerprint density at radius 2 is 1.33 bits per heavy atom. The van der Waals surface area contributed by atoms with Gasteiger partial charge in [-0.2, -0.15) is 5.10 Å². The number of amides is 2. The van der Waals surface area contributed by atoms with Crippen molar-refractivity contribution < 1.29 is 35.9 Å². The van der Waals surface area contributed by atoms with Crippen molar-refractivity contribution in [2.24, 2.45) is 7.05 Å². The monoisotopic (exact) mass is 1110 g/mol. The molecule has 4 aromatic heterocycles. The molecule has 5 saturated carbocycles. The number of fused-ring (bicyclic) bond motifs is 3. The molecule has 23 heteroatoms. The van der Waals surface area contributed by atoms with Gasteiger partial charge in [0.2, 0.25) is 0 Å². The zero-order chi connectivity index (χ0) is 53.0. The van der Waals surface area contributed by atoms with Crippen LogP contribution in [0.1, 0.15) is 102 Å². The minimum absolute atomic E-state index is 0.0997. The third-order valence-corrected chi connectivity index (χ3v) is 21.7. The number of nitrogens with zero attached hydrogens (tertiary/aromatic N) is 6. The number of aromatic amines is 1. The van der Waals surface area contributed by atoms with Crippen LogP contribution in [0.4, 0.5) is 38.3 Å². The Hall–Kier alpha value is -6.69. The molecule has 3 aromatic carbocycles. The average Bonchev–Trinajstić information content (AvgIpc) is 4.29. The number of carbonyl (C=O) groups excluding carboxylic acids is 2. The highest BCUT2D eigenvalue weighted by atomic mass is 32.2. The van der Waals surface area contributed by atoms with Crippen molar-refractivity contribution in [3.63, 3.8) is 0 Å². The lowest BCUT2D eigenvalue weighted by atomic mass is 9.57. The van der Waals surface area contributed by atoms with E-state index in [1.165, 1.54) is 11.3 Å². The van der Waals surface area contributed by atoms with Crippen molar-refractivity contribution in [1.29, 1.82) is 0 Å². The predicted octanol–water partition coefficient (Wildman–Crippen LogP) is 10.9. The van der Waals surface area contributed by atoms with Crippen LogP contribution in [0.25, 0.3) is 31.5 Å². The van der Waals surface area contributed by atoms with Crippen LogP contribution in [0.3, 0.4) is 0 Å². The maximum absolute atomic E-state index is 14.0. The molecule has 398 valence electrons. The van der Waals surface area contributed by atoms with Gasteiger partial charge in [0.25, 0.3) is 0 Å². The zero-order valence-corrected chi connectivity index (χ0v) is 45.7. The number of thiazole rings is 2. The van der Waals surface area contributed by atoms with E-state index >= 15 is 0 Å². The first kappa shape index (κ1) is 51.4. The smallest absolute Gasteiger partial charge is 0.411 e. The van der Waals surface area contributed by atoms with Crippen molar-refractivity contribution in [3.05, 3.63) is 96.0 Å². The van der Waals surface area contributed by atoms with Gasteiger partial charge in [-0.05, 0) is 146 Å². The van der Waals surface area contributed by atoms with E-state index in [1.54, 1.807) is 65.8 Å². The molecule has 19 nitrogen and oxygen atoms in total. The number of hydrogen-bond donors (Lipinski definition) is 5. The quantitative estimate of drug-likeness (QED) is 0.0505. The molecular formula is C53H59N11O8S4. The summed E-state index contributed by atoms with van der Waals surface area (Å²) < 4.78 is 67.9. The van der Waals surface area contributed by atoms with E-state index in [2.05, 4.69) is 46.8 Å². The Labute approximate surface area is 448 Å². The van der Waals surface area contributed by atoms with Gasteiger partial charge in [0.15, 0.2) is 31.3 Å². The molecule has 1 unspecified atom stereocenters. The topological polar surface area (TPSA) is 254 Å². The summed E-state index contributed by atoms with van der Waals surface area (Å²) in [6.45, 7) is 5.51. The first-order chi connectivity index (χ1) is 36.4. The van der Waals surface area contributed by atoms with E-state index in [0.717, 1.165) is 59.7 Å². The summed E-state index contributed by atoms with van der Waals surface area (Å²) in [6, 6.07) is 19.7. The fraction of sp³-hybridized carbons (Fsp3) is 0.415. The molecule has 0 aliphatic heterocycles. The maximum Gasteiger partial charge on any atom is 0.411 e. The molecule has 0 radical (unpaired) electrons. The Balaban J connectivity index is 0.683. The normalized spacial score (nSPS) is 19.8. The number of carbonyl (C=O) groups is 2. The highest BCUT2D eigenvalue weighted by molar-refractivity contribution is 7.92. The van der Waals surface area contributed by atoms with Crippen LogP contribution in [0.5, 0.6) is 0 Å². The molecule has 5 aliphatic rings. The molecular weight excluding hydrogens is 1050 g/mol. The molecule has 12 rings (SSSR count). The van der Waals surface area contributed by atoms with Crippen LogP contribution in [-0.2, 0) is 48.0 Å². The van der Waals surface area contributed by atoms with Gasteiger partial charge in [0.05, 0.1) is 47.4 Å². The lowest BCUT2D eigenvalue weighted by Gasteiger charge is -2.52. The van der Waals surface area contributed by atoms with E-state index in [1.807, 2.05) is 63.4 Å². The molecule has 7 aromatic rings. The van der Waals surface area contributed by atoms with Crippen molar-refractivity contribution >= 4 is 83.2 Å². The van der Waals surface area contributed by atoms with Crippen LogP contribution < -0.4 is 21.3 Å². The van der Waals surface area contributed by atoms with Crippen molar-refractivity contribution in [2.45, 2.75) is 141 Å². The van der Waals surface area contributed by atoms with E-state index in [9.17, 15) is 26.4 Å². The fourth-order valence-electron chi connectivity index (χ4n) is 10.2. The Morgan fingerprint density at radius 1 is 0.737 bits per heavy atom. The van der Waals surface area contributed by atoms with Gasteiger partial charge in [0.1, 0.15) is 11.1 Å². The summed E-state index contributed by atoms with van der Waals surface area (Å²) in [7, 11) is -5.42. The second-order valence-corrected chi connectivity index (χ2v) is 27.3. The molecule has 0 saturated heterocycles. The number of anilines is 5. The summed E-state index contributed by atoms with van der Waals surface area (Å²) >= 11 is 2.95. The van der Waals surface area contributed by atoms with Gasteiger partial charge in [-0.25, -0.2) is 36.4 Å². The summed E-state index contributed by atoms with van der Waals surface area (Å²) in [5, 5.41) is 28.8. The van der Waals surface area contributed by atoms with Crippen LogP contribution in [0.15, 0.2) is 95.1 Å². The maximum atomic E-state index is 14.0. The van der Waals surface area contributed by atoms with Crippen molar-refractivity contribution in [1.82, 2.24) is 40.5 Å². The molecule has 4 heterocycles. The average molecular weight is 1110 g/mol. The van der Waals surface area contributed by atoms with E-state index in [0.29, 0.717) is 88.2 Å². The first-order valence-electron chi connectivity index (χ1n) is 25.6. The molecule has 5 fully saturated rings. The molecule has 5 N–H and O–H groups in total. The number of alkyl carbamates (subject to hydrolysis) is 1. The van der Waals surface area contributed by atoms with E-state index in [4.69, 9.17) is 14.5 Å². The number of aryl methyl sites for hydroxylation is 2. The lowest BCUT2D eigenvalue weighted by molar-refractivity contribution is 0.0560. The number of hydrogen-bond acceptors (Lipinski definition) is 17. The Morgan fingerprint density at radius 3 is 1.92 bits per heavy atom. The van der Waals surface area contributed by atoms with E-state index < -0.39 is 42.4 Å². The second-order valence-electron chi connectivity index (χ2n) is 20.9. The van der Waals surface area contributed by atoms with Gasteiger partial charge < -0.3 is 25.4 Å². The highest BCUT2D eigenvalue weighted by Crippen LogP contribution is 2.55. The van der Waals surface area contributed by atoms with E-state index in [-0.39, 0.29) is 32.9 Å². The third-order valence-electron chi connectivity index (χ3n) is 14.7. The zero-order valence-electron chi connectivity index (χ0n) is 42.5. The predicted molar refractivity (Wildman–Crippen MR) is 292 cm³/mol. The highest BCUT2D eigenvalue weighted by Gasteiger charge is 2.52. The SMILES string of the molecule is CC(C)OC(=O)NC12CCC(c3ncc(-c4ccc(Nc5cc(CCC(C)OC(=O)Nc6ccc(-c7ncc(-c8ccc(Nc9cn(C)nn9)cc8S(=O)(=O)C8CC8)s7)cc6)[nH]n5)cc4S(=O)(=O)C4CC4)s3)(CC1)CC2. The van der Waals surface area contributed by atoms with Crippen molar-refractivity contribution in [3.8, 4) is 31.5 Å².